The fourth-order valence-electron chi connectivity index (χ4n) is 4.53. The molecule has 0 spiro atoms. The van der Waals surface area contributed by atoms with Gasteiger partial charge in [-0.15, -0.1) is 0 Å². The highest BCUT2D eigenvalue weighted by atomic mass is 16.5. The monoisotopic (exact) mass is 438 g/mol. The summed E-state index contributed by atoms with van der Waals surface area (Å²) in [7, 11) is 0. The van der Waals surface area contributed by atoms with Crippen LogP contribution in [0, 0.1) is 0 Å². The van der Waals surface area contributed by atoms with Crippen molar-refractivity contribution in [1.82, 2.24) is 4.90 Å². The number of ether oxygens (including phenoxy) is 1. The zero-order valence-electron chi connectivity index (χ0n) is 18.8. The van der Waals surface area contributed by atoms with Gasteiger partial charge in [-0.2, -0.15) is 0 Å². The molecule has 0 aliphatic carbocycles. The molecule has 0 bridgehead atoms. The van der Waals surface area contributed by atoms with Crippen LogP contribution >= 0.6 is 0 Å². The molecule has 33 heavy (non-hydrogen) atoms. The van der Waals surface area contributed by atoms with Gasteiger partial charge in [0.25, 0.3) is 11.8 Å². The number of hydrogen-bond acceptors (Lipinski definition) is 4. The molecule has 0 fully saturated rings. The van der Waals surface area contributed by atoms with Gasteiger partial charge >= 0.3 is 0 Å². The Balaban J connectivity index is 1.57. The molecule has 2 amide bonds. The first-order chi connectivity index (χ1) is 16.0. The molecule has 5 heteroatoms. The van der Waals surface area contributed by atoms with E-state index in [-0.39, 0.29) is 24.5 Å². The van der Waals surface area contributed by atoms with Gasteiger partial charge in [-0.1, -0.05) is 60.7 Å². The summed E-state index contributed by atoms with van der Waals surface area (Å²) >= 11 is 0. The third kappa shape index (κ3) is 3.91. The van der Waals surface area contributed by atoms with Crippen LogP contribution in [0.15, 0.2) is 84.6 Å². The minimum Gasteiger partial charge on any atom is -0.491 e. The molecule has 0 aromatic heterocycles. The van der Waals surface area contributed by atoms with E-state index in [0.29, 0.717) is 17.8 Å². The topological polar surface area (TPSA) is 49.9 Å². The molecule has 3 aromatic rings. The minimum atomic E-state index is -0.263. The van der Waals surface area contributed by atoms with Crippen LogP contribution in [0.1, 0.15) is 30.5 Å². The number of benzene rings is 3. The van der Waals surface area contributed by atoms with Crippen molar-refractivity contribution in [2.75, 3.05) is 11.4 Å². The van der Waals surface area contributed by atoms with E-state index in [9.17, 15) is 9.59 Å². The second-order valence-electron chi connectivity index (χ2n) is 8.63. The Morgan fingerprint density at radius 1 is 0.848 bits per heavy atom. The maximum Gasteiger partial charge on any atom is 0.278 e. The average Bonchev–Trinajstić information content (AvgIpc) is 3.34. The Bertz CT molecular complexity index is 1230. The van der Waals surface area contributed by atoms with Crippen LogP contribution in [0.2, 0.25) is 0 Å². The Morgan fingerprint density at radius 3 is 2.27 bits per heavy atom. The third-order valence-corrected chi connectivity index (χ3v) is 6.00. The SMILES string of the molecule is CC(C)Oc1ccc(C2=C(N3CCc4ccccc43)C(=O)N(Cc3ccccc3)C2=O)cc1. The van der Waals surface area contributed by atoms with E-state index < -0.39 is 0 Å². The van der Waals surface area contributed by atoms with Gasteiger partial charge in [0.15, 0.2) is 0 Å². The highest BCUT2D eigenvalue weighted by Crippen LogP contribution is 2.39. The standard InChI is InChI=1S/C28H26N2O3/c1-19(2)33-23-14-12-22(13-15-23)25-26(29-17-16-21-10-6-7-11-24(21)29)28(32)30(27(25)31)18-20-8-4-3-5-9-20/h3-15,19H,16-18H2,1-2H3. The number of nitrogens with zero attached hydrogens (tertiary/aromatic N) is 2. The van der Waals surface area contributed by atoms with Crippen LogP contribution < -0.4 is 9.64 Å². The van der Waals surface area contributed by atoms with Crippen molar-refractivity contribution < 1.29 is 14.3 Å². The predicted octanol–water partition coefficient (Wildman–Crippen LogP) is 4.82. The van der Waals surface area contributed by atoms with Gasteiger partial charge in [0.1, 0.15) is 11.4 Å². The van der Waals surface area contributed by atoms with Gasteiger partial charge < -0.3 is 9.64 Å². The number of anilines is 1. The van der Waals surface area contributed by atoms with Gasteiger partial charge in [-0.05, 0) is 55.2 Å². The molecule has 2 heterocycles. The fourth-order valence-corrected chi connectivity index (χ4v) is 4.53. The number of para-hydroxylation sites is 1. The number of rotatable bonds is 6. The van der Waals surface area contributed by atoms with Crippen LogP contribution in [0.5, 0.6) is 5.75 Å². The molecule has 5 nitrogen and oxygen atoms in total. The van der Waals surface area contributed by atoms with E-state index in [1.54, 1.807) is 0 Å². The van der Waals surface area contributed by atoms with Crippen LogP contribution in [-0.2, 0) is 22.6 Å². The summed E-state index contributed by atoms with van der Waals surface area (Å²) in [6.07, 6.45) is 0.900. The first-order valence-electron chi connectivity index (χ1n) is 11.3. The van der Waals surface area contributed by atoms with E-state index in [2.05, 4.69) is 6.07 Å². The van der Waals surface area contributed by atoms with Crippen LogP contribution in [0.3, 0.4) is 0 Å². The van der Waals surface area contributed by atoms with E-state index in [1.165, 1.54) is 10.5 Å². The molecule has 166 valence electrons. The lowest BCUT2D eigenvalue weighted by atomic mass is 10.0. The summed E-state index contributed by atoms with van der Waals surface area (Å²) < 4.78 is 5.76. The van der Waals surface area contributed by atoms with Gasteiger partial charge in [0.05, 0.1) is 18.2 Å². The van der Waals surface area contributed by atoms with Crippen molar-refractivity contribution in [3.8, 4) is 5.75 Å². The Morgan fingerprint density at radius 2 is 1.55 bits per heavy atom. The molecule has 0 radical (unpaired) electrons. The fraction of sp³-hybridized carbons (Fsp3) is 0.214. The summed E-state index contributed by atoms with van der Waals surface area (Å²) in [5.74, 6) is 0.221. The van der Waals surface area contributed by atoms with Crippen molar-refractivity contribution in [2.45, 2.75) is 32.9 Å². The first-order valence-corrected chi connectivity index (χ1v) is 11.3. The highest BCUT2D eigenvalue weighted by molar-refractivity contribution is 6.36. The van der Waals surface area contributed by atoms with Gasteiger partial charge in [-0.3, -0.25) is 14.5 Å². The molecule has 0 N–H and O–H groups in total. The number of amides is 2. The van der Waals surface area contributed by atoms with Gasteiger partial charge in [0, 0.05) is 12.2 Å². The average molecular weight is 439 g/mol. The minimum absolute atomic E-state index is 0.0581. The largest absolute Gasteiger partial charge is 0.491 e. The predicted molar refractivity (Wildman–Crippen MR) is 129 cm³/mol. The number of hydrogen-bond donors (Lipinski definition) is 0. The van der Waals surface area contributed by atoms with Crippen molar-refractivity contribution in [1.29, 1.82) is 0 Å². The molecule has 5 rings (SSSR count). The van der Waals surface area contributed by atoms with Crippen molar-refractivity contribution in [3.63, 3.8) is 0 Å². The smallest absolute Gasteiger partial charge is 0.278 e. The van der Waals surface area contributed by atoms with Crippen LogP contribution in [0.4, 0.5) is 5.69 Å². The molecule has 0 saturated heterocycles. The quantitative estimate of drug-likeness (QED) is 0.518. The van der Waals surface area contributed by atoms with E-state index in [1.807, 2.05) is 91.5 Å². The number of carbonyl (C=O) groups is 2. The second-order valence-corrected chi connectivity index (χ2v) is 8.63. The Kier molecular flexibility index (Phi) is 5.47. The molecular weight excluding hydrogens is 412 g/mol. The number of carbonyl (C=O) groups excluding carboxylic acids is 2. The summed E-state index contributed by atoms with van der Waals surface area (Å²) in [4.78, 5) is 30.7. The summed E-state index contributed by atoms with van der Waals surface area (Å²) in [5, 5.41) is 0. The van der Waals surface area contributed by atoms with Crippen LogP contribution in [0.25, 0.3) is 5.57 Å². The third-order valence-electron chi connectivity index (χ3n) is 6.00. The van der Waals surface area contributed by atoms with E-state index >= 15 is 0 Å². The lowest BCUT2D eigenvalue weighted by Gasteiger charge is -2.22. The zero-order chi connectivity index (χ0) is 22.9. The second kappa shape index (κ2) is 8.58. The van der Waals surface area contributed by atoms with Gasteiger partial charge in [0.2, 0.25) is 0 Å². The molecule has 3 aromatic carbocycles. The molecule has 0 saturated carbocycles. The molecule has 0 atom stereocenters. The first kappa shape index (κ1) is 21.0. The zero-order valence-corrected chi connectivity index (χ0v) is 18.8. The molecule has 2 aliphatic rings. The number of imide groups is 1. The van der Waals surface area contributed by atoms with Crippen molar-refractivity contribution in [3.05, 3.63) is 101 Å². The van der Waals surface area contributed by atoms with Gasteiger partial charge in [-0.25, -0.2) is 0 Å². The van der Waals surface area contributed by atoms with E-state index in [0.717, 1.165) is 29.0 Å². The highest BCUT2D eigenvalue weighted by Gasteiger charge is 2.43. The van der Waals surface area contributed by atoms with Crippen molar-refractivity contribution >= 4 is 23.1 Å². The lowest BCUT2D eigenvalue weighted by Crippen LogP contribution is -2.34. The summed E-state index contributed by atoms with van der Waals surface area (Å²) in [6.45, 7) is 4.86. The Hall–Kier alpha value is -3.86. The molecular formula is C28H26N2O3. The summed E-state index contributed by atoms with van der Waals surface area (Å²) in [6, 6.07) is 25.1. The maximum atomic E-state index is 13.7. The van der Waals surface area contributed by atoms with Crippen LogP contribution in [-0.4, -0.2) is 29.4 Å². The molecule has 2 aliphatic heterocycles. The number of fused-ring (bicyclic) bond motifs is 1. The maximum absolute atomic E-state index is 13.7. The molecule has 0 unspecified atom stereocenters. The lowest BCUT2D eigenvalue weighted by molar-refractivity contribution is -0.137. The summed E-state index contributed by atoms with van der Waals surface area (Å²) in [5.41, 5.74) is 4.73. The normalized spacial score (nSPS) is 15.6. The Labute approximate surface area is 193 Å². The van der Waals surface area contributed by atoms with Crippen molar-refractivity contribution in [2.24, 2.45) is 0 Å². The van der Waals surface area contributed by atoms with E-state index in [4.69, 9.17) is 4.74 Å².